The summed E-state index contributed by atoms with van der Waals surface area (Å²) in [6, 6.07) is 13.1. The van der Waals surface area contributed by atoms with Crippen LogP contribution in [0.15, 0.2) is 54.6 Å². The first kappa shape index (κ1) is 15.5. The number of alkyl halides is 3. The zero-order valence-electron chi connectivity index (χ0n) is 11.2. The Hall–Kier alpha value is -1.85. The van der Waals surface area contributed by atoms with Gasteiger partial charge in [-0.05, 0) is 23.3 Å². The Balaban J connectivity index is 2.14. The van der Waals surface area contributed by atoms with Crippen molar-refractivity contribution in [3.8, 4) is 0 Å². The van der Waals surface area contributed by atoms with E-state index in [1.54, 1.807) is 0 Å². The van der Waals surface area contributed by atoms with Crippen LogP contribution in [0.4, 0.5) is 13.2 Å². The van der Waals surface area contributed by atoms with E-state index in [4.69, 9.17) is 5.73 Å². The van der Waals surface area contributed by atoms with Crippen LogP contribution in [0.25, 0.3) is 0 Å². The molecule has 2 rings (SSSR count). The van der Waals surface area contributed by atoms with Crippen LogP contribution >= 0.6 is 0 Å². The van der Waals surface area contributed by atoms with Gasteiger partial charge in [-0.1, -0.05) is 42.5 Å². The minimum absolute atomic E-state index is 0.272. The molecule has 0 saturated carbocycles. The first-order chi connectivity index (χ1) is 9.88. The van der Waals surface area contributed by atoms with E-state index in [0.29, 0.717) is 0 Å². The molecule has 0 saturated heterocycles. The standard InChI is InChI=1S/C16H16F3NO/c17-16(18,19)13-8-4-7-12(10-13)15(20)14(21)9-11-5-2-1-3-6-11/h1-8,10,14-15,21H,9,20H2/t14-,15+/m0/s1. The van der Waals surface area contributed by atoms with Crippen molar-refractivity contribution in [3.63, 3.8) is 0 Å². The predicted molar refractivity (Wildman–Crippen MR) is 74.5 cm³/mol. The molecule has 5 heteroatoms. The maximum absolute atomic E-state index is 12.7. The number of hydrogen-bond acceptors (Lipinski definition) is 2. The lowest BCUT2D eigenvalue weighted by atomic mass is 9.95. The first-order valence-electron chi connectivity index (χ1n) is 6.52. The summed E-state index contributed by atoms with van der Waals surface area (Å²) < 4.78 is 38.0. The fourth-order valence-corrected chi connectivity index (χ4v) is 2.13. The van der Waals surface area contributed by atoms with Gasteiger partial charge >= 0.3 is 6.18 Å². The third kappa shape index (κ3) is 4.06. The summed E-state index contributed by atoms with van der Waals surface area (Å²) in [5.74, 6) is 0. The number of benzene rings is 2. The average Bonchev–Trinajstić information content (AvgIpc) is 2.46. The van der Waals surface area contributed by atoms with Gasteiger partial charge in [-0.2, -0.15) is 13.2 Å². The summed E-state index contributed by atoms with van der Waals surface area (Å²) in [5, 5.41) is 10.1. The molecule has 0 aliphatic rings. The smallest absolute Gasteiger partial charge is 0.391 e. The Kier molecular flexibility index (Phi) is 4.65. The van der Waals surface area contributed by atoms with E-state index >= 15 is 0 Å². The average molecular weight is 295 g/mol. The third-order valence-electron chi connectivity index (χ3n) is 3.30. The molecule has 112 valence electrons. The lowest BCUT2D eigenvalue weighted by molar-refractivity contribution is -0.137. The van der Waals surface area contributed by atoms with E-state index in [1.807, 2.05) is 30.3 Å². The van der Waals surface area contributed by atoms with Gasteiger partial charge in [0.25, 0.3) is 0 Å². The molecule has 0 radical (unpaired) electrons. The summed E-state index contributed by atoms with van der Waals surface area (Å²) in [5.41, 5.74) is 6.27. The fourth-order valence-electron chi connectivity index (χ4n) is 2.13. The van der Waals surface area contributed by atoms with E-state index in [1.165, 1.54) is 12.1 Å². The lowest BCUT2D eigenvalue weighted by Gasteiger charge is -2.20. The monoisotopic (exact) mass is 295 g/mol. The van der Waals surface area contributed by atoms with E-state index in [9.17, 15) is 18.3 Å². The van der Waals surface area contributed by atoms with Gasteiger partial charge in [0.15, 0.2) is 0 Å². The second kappa shape index (κ2) is 6.28. The summed E-state index contributed by atoms with van der Waals surface area (Å²) in [6.07, 6.45) is -5.07. The van der Waals surface area contributed by atoms with Gasteiger partial charge in [0.1, 0.15) is 0 Å². The van der Waals surface area contributed by atoms with Gasteiger partial charge in [0.2, 0.25) is 0 Å². The van der Waals surface area contributed by atoms with Crippen molar-refractivity contribution in [2.24, 2.45) is 5.73 Å². The van der Waals surface area contributed by atoms with E-state index < -0.39 is 23.9 Å². The van der Waals surface area contributed by atoms with E-state index in [0.717, 1.165) is 17.7 Å². The van der Waals surface area contributed by atoms with Crippen LogP contribution in [-0.2, 0) is 12.6 Å². The molecule has 0 fully saturated rings. The van der Waals surface area contributed by atoms with Gasteiger partial charge in [-0.3, -0.25) is 0 Å². The number of hydrogen-bond donors (Lipinski definition) is 2. The highest BCUT2D eigenvalue weighted by Gasteiger charge is 2.31. The zero-order valence-corrected chi connectivity index (χ0v) is 11.2. The molecule has 2 atom stereocenters. The molecule has 0 aliphatic carbocycles. The van der Waals surface area contributed by atoms with Crippen molar-refractivity contribution < 1.29 is 18.3 Å². The molecule has 2 nitrogen and oxygen atoms in total. The highest BCUT2D eigenvalue weighted by atomic mass is 19.4. The molecule has 0 amide bonds. The van der Waals surface area contributed by atoms with Crippen LogP contribution < -0.4 is 5.73 Å². The van der Waals surface area contributed by atoms with Gasteiger partial charge < -0.3 is 10.8 Å². The summed E-state index contributed by atoms with van der Waals surface area (Å²) in [7, 11) is 0. The number of halogens is 3. The van der Waals surface area contributed by atoms with Crippen LogP contribution in [-0.4, -0.2) is 11.2 Å². The largest absolute Gasteiger partial charge is 0.416 e. The highest BCUT2D eigenvalue weighted by molar-refractivity contribution is 5.29. The summed E-state index contributed by atoms with van der Waals surface area (Å²) in [6.45, 7) is 0. The molecule has 3 N–H and O–H groups in total. The molecular weight excluding hydrogens is 279 g/mol. The number of aliphatic hydroxyl groups is 1. The maximum atomic E-state index is 12.7. The normalized spacial score (nSPS) is 14.7. The molecule has 2 aromatic carbocycles. The maximum Gasteiger partial charge on any atom is 0.416 e. The molecule has 0 bridgehead atoms. The van der Waals surface area contributed by atoms with Crippen LogP contribution in [0.5, 0.6) is 0 Å². The fraction of sp³-hybridized carbons (Fsp3) is 0.250. The number of rotatable bonds is 4. The van der Waals surface area contributed by atoms with Gasteiger partial charge in [0.05, 0.1) is 17.7 Å². The Labute approximate surface area is 121 Å². The molecule has 21 heavy (non-hydrogen) atoms. The lowest BCUT2D eigenvalue weighted by Crippen LogP contribution is -2.28. The molecular formula is C16H16F3NO. The Morgan fingerprint density at radius 2 is 1.67 bits per heavy atom. The van der Waals surface area contributed by atoms with Crippen molar-refractivity contribution in [1.29, 1.82) is 0 Å². The first-order valence-corrected chi connectivity index (χ1v) is 6.52. The minimum Gasteiger partial charge on any atom is -0.391 e. The molecule has 0 spiro atoms. The topological polar surface area (TPSA) is 46.2 Å². The highest BCUT2D eigenvalue weighted by Crippen LogP contribution is 2.31. The Morgan fingerprint density at radius 1 is 1.00 bits per heavy atom. The third-order valence-corrected chi connectivity index (χ3v) is 3.30. The van der Waals surface area contributed by atoms with Crippen molar-refractivity contribution in [2.45, 2.75) is 24.7 Å². The van der Waals surface area contributed by atoms with Crippen LogP contribution in [0.2, 0.25) is 0 Å². The van der Waals surface area contributed by atoms with Gasteiger partial charge in [0, 0.05) is 6.42 Å². The predicted octanol–water partition coefficient (Wildman–Crippen LogP) is 3.31. The Morgan fingerprint density at radius 3 is 2.29 bits per heavy atom. The van der Waals surface area contributed by atoms with Crippen molar-refractivity contribution in [3.05, 3.63) is 71.3 Å². The number of nitrogens with two attached hydrogens (primary N) is 1. The number of aliphatic hydroxyl groups excluding tert-OH is 1. The molecule has 0 heterocycles. The molecule has 0 aromatic heterocycles. The quantitative estimate of drug-likeness (QED) is 0.909. The van der Waals surface area contributed by atoms with E-state index in [2.05, 4.69) is 0 Å². The van der Waals surface area contributed by atoms with Crippen molar-refractivity contribution in [1.82, 2.24) is 0 Å². The zero-order chi connectivity index (χ0) is 15.5. The van der Waals surface area contributed by atoms with Crippen LogP contribution in [0, 0.1) is 0 Å². The Bertz CT molecular complexity index is 584. The minimum atomic E-state index is -4.42. The second-order valence-corrected chi connectivity index (χ2v) is 4.91. The molecule has 0 aliphatic heterocycles. The van der Waals surface area contributed by atoms with Crippen LogP contribution in [0.1, 0.15) is 22.7 Å². The van der Waals surface area contributed by atoms with Crippen LogP contribution in [0.3, 0.4) is 0 Å². The molecule has 0 unspecified atom stereocenters. The van der Waals surface area contributed by atoms with Gasteiger partial charge in [-0.15, -0.1) is 0 Å². The SMILES string of the molecule is N[C@H](c1cccc(C(F)(F)F)c1)[C@@H](O)Cc1ccccc1. The van der Waals surface area contributed by atoms with Crippen molar-refractivity contribution >= 4 is 0 Å². The second-order valence-electron chi connectivity index (χ2n) is 4.91. The van der Waals surface area contributed by atoms with E-state index in [-0.39, 0.29) is 12.0 Å². The summed E-state index contributed by atoms with van der Waals surface area (Å²) >= 11 is 0. The van der Waals surface area contributed by atoms with Crippen molar-refractivity contribution in [2.75, 3.05) is 0 Å². The summed E-state index contributed by atoms with van der Waals surface area (Å²) in [4.78, 5) is 0. The van der Waals surface area contributed by atoms with Gasteiger partial charge in [-0.25, -0.2) is 0 Å². The molecule has 2 aromatic rings.